The molecule has 0 atom stereocenters. The number of hydrogen-bond acceptors (Lipinski definition) is 2. The summed E-state index contributed by atoms with van der Waals surface area (Å²) < 4.78 is 5.45. The standard InChI is InChI=1S/C16H25NO/c1-12-6-8-16(17,9-7-12)11-14-10-13(2)4-5-15(14)18-3/h4-5,10,12H,6-9,11,17H2,1-3H3. The van der Waals surface area contributed by atoms with Gasteiger partial charge in [-0.05, 0) is 56.6 Å². The summed E-state index contributed by atoms with van der Waals surface area (Å²) in [6.45, 7) is 4.45. The molecule has 0 spiro atoms. The first-order valence-corrected chi connectivity index (χ1v) is 6.95. The summed E-state index contributed by atoms with van der Waals surface area (Å²) in [6, 6.07) is 6.36. The third-order valence-electron chi connectivity index (χ3n) is 4.25. The Labute approximate surface area is 111 Å². The molecule has 0 radical (unpaired) electrons. The first kappa shape index (κ1) is 13.4. The average molecular weight is 247 g/mol. The van der Waals surface area contributed by atoms with Crippen LogP contribution in [0.15, 0.2) is 18.2 Å². The van der Waals surface area contributed by atoms with Gasteiger partial charge in [-0.1, -0.05) is 24.6 Å². The Kier molecular flexibility index (Phi) is 3.96. The summed E-state index contributed by atoms with van der Waals surface area (Å²) in [7, 11) is 1.74. The zero-order valence-corrected chi connectivity index (χ0v) is 11.8. The Morgan fingerprint density at radius 3 is 2.61 bits per heavy atom. The Balaban J connectivity index is 2.15. The van der Waals surface area contributed by atoms with Crippen LogP contribution in [0.2, 0.25) is 0 Å². The minimum Gasteiger partial charge on any atom is -0.496 e. The van der Waals surface area contributed by atoms with Crippen LogP contribution in [0.5, 0.6) is 5.75 Å². The molecule has 18 heavy (non-hydrogen) atoms. The minimum absolute atomic E-state index is 0.0341. The number of ether oxygens (including phenoxy) is 1. The van der Waals surface area contributed by atoms with Crippen LogP contribution >= 0.6 is 0 Å². The van der Waals surface area contributed by atoms with Crippen LogP contribution in [0.25, 0.3) is 0 Å². The van der Waals surface area contributed by atoms with Gasteiger partial charge in [-0.15, -0.1) is 0 Å². The number of methoxy groups -OCH3 is 1. The predicted molar refractivity (Wildman–Crippen MR) is 76.0 cm³/mol. The molecule has 2 rings (SSSR count). The van der Waals surface area contributed by atoms with Gasteiger partial charge in [0.05, 0.1) is 7.11 Å². The fraction of sp³-hybridized carbons (Fsp3) is 0.625. The van der Waals surface area contributed by atoms with E-state index in [9.17, 15) is 0 Å². The molecule has 2 nitrogen and oxygen atoms in total. The third kappa shape index (κ3) is 3.05. The maximum absolute atomic E-state index is 6.57. The molecule has 0 heterocycles. The normalized spacial score (nSPS) is 28.1. The highest BCUT2D eigenvalue weighted by atomic mass is 16.5. The first-order valence-electron chi connectivity index (χ1n) is 6.95. The summed E-state index contributed by atoms with van der Waals surface area (Å²) in [5, 5.41) is 0. The molecule has 1 aliphatic rings. The quantitative estimate of drug-likeness (QED) is 0.888. The minimum atomic E-state index is -0.0341. The van der Waals surface area contributed by atoms with E-state index in [0.717, 1.165) is 30.9 Å². The number of rotatable bonds is 3. The van der Waals surface area contributed by atoms with Crippen molar-refractivity contribution >= 4 is 0 Å². The Hall–Kier alpha value is -1.02. The molecule has 0 unspecified atom stereocenters. The van der Waals surface area contributed by atoms with Gasteiger partial charge in [0.1, 0.15) is 5.75 Å². The molecule has 2 N–H and O–H groups in total. The summed E-state index contributed by atoms with van der Waals surface area (Å²) in [5.41, 5.74) is 9.07. The summed E-state index contributed by atoms with van der Waals surface area (Å²) in [4.78, 5) is 0. The summed E-state index contributed by atoms with van der Waals surface area (Å²) in [6.07, 6.45) is 5.70. The molecule has 0 amide bonds. The van der Waals surface area contributed by atoms with Gasteiger partial charge in [0.25, 0.3) is 0 Å². The molecule has 2 heteroatoms. The monoisotopic (exact) mass is 247 g/mol. The molecule has 1 aliphatic carbocycles. The smallest absolute Gasteiger partial charge is 0.122 e. The van der Waals surface area contributed by atoms with E-state index in [1.807, 2.05) is 0 Å². The van der Waals surface area contributed by atoms with Gasteiger partial charge < -0.3 is 10.5 Å². The number of hydrogen-bond donors (Lipinski definition) is 1. The van der Waals surface area contributed by atoms with Gasteiger partial charge in [0.2, 0.25) is 0 Å². The van der Waals surface area contributed by atoms with Crippen molar-refractivity contribution in [2.24, 2.45) is 11.7 Å². The average Bonchev–Trinajstić information content (AvgIpc) is 2.34. The van der Waals surface area contributed by atoms with E-state index in [0.29, 0.717) is 0 Å². The van der Waals surface area contributed by atoms with Gasteiger partial charge in [-0.3, -0.25) is 0 Å². The van der Waals surface area contributed by atoms with Crippen LogP contribution in [0, 0.1) is 12.8 Å². The van der Waals surface area contributed by atoms with E-state index < -0.39 is 0 Å². The Morgan fingerprint density at radius 1 is 1.33 bits per heavy atom. The molecule has 1 saturated carbocycles. The largest absolute Gasteiger partial charge is 0.496 e. The van der Waals surface area contributed by atoms with Crippen molar-refractivity contribution in [3.63, 3.8) is 0 Å². The second-order valence-electron chi connectivity index (χ2n) is 6.04. The van der Waals surface area contributed by atoms with Crippen molar-refractivity contribution in [3.05, 3.63) is 29.3 Å². The third-order valence-corrected chi connectivity index (χ3v) is 4.25. The van der Waals surface area contributed by atoms with Crippen molar-refractivity contribution in [3.8, 4) is 5.75 Å². The van der Waals surface area contributed by atoms with Crippen LogP contribution in [0.1, 0.15) is 43.7 Å². The first-order chi connectivity index (χ1) is 8.52. The lowest BCUT2D eigenvalue weighted by Crippen LogP contribution is -2.45. The molecule has 1 aromatic carbocycles. The predicted octanol–water partition coefficient (Wildman–Crippen LogP) is 3.45. The second-order valence-corrected chi connectivity index (χ2v) is 6.04. The van der Waals surface area contributed by atoms with E-state index in [1.54, 1.807) is 7.11 Å². The maximum atomic E-state index is 6.57. The van der Waals surface area contributed by atoms with Gasteiger partial charge in [0.15, 0.2) is 0 Å². The zero-order valence-electron chi connectivity index (χ0n) is 11.8. The van der Waals surface area contributed by atoms with Gasteiger partial charge >= 0.3 is 0 Å². The fourth-order valence-corrected chi connectivity index (χ4v) is 2.94. The molecule has 1 fully saturated rings. The molecular formula is C16H25NO. The highest BCUT2D eigenvalue weighted by molar-refractivity contribution is 5.38. The maximum Gasteiger partial charge on any atom is 0.122 e. The summed E-state index contributed by atoms with van der Waals surface area (Å²) >= 11 is 0. The van der Waals surface area contributed by atoms with E-state index in [2.05, 4.69) is 32.0 Å². The molecule has 100 valence electrons. The molecule has 0 aromatic heterocycles. The fourth-order valence-electron chi connectivity index (χ4n) is 2.94. The van der Waals surface area contributed by atoms with E-state index in [-0.39, 0.29) is 5.54 Å². The molecule has 0 aliphatic heterocycles. The molecular weight excluding hydrogens is 222 g/mol. The lowest BCUT2D eigenvalue weighted by atomic mass is 9.74. The highest BCUT2D eigenvalue weighted by Crippen LogP contribution is 2.34. The van der Waals surface area contributed by atoms with Gasteiger partial charge in [0, 0.05) is 5.54 Å². The van der Waals surface area contributed by atoms with E-state index in [1.165, 1.54) is 24.0 Å². The van der Waals surface area contributed by atoms with Crippen molar-refractivity contribution < 1.29 is 4.74 Å². The Bertz CT molecular complexity index is 406. The zero-order chi connectivity index (χ0) is 13.2. The molecule has 0 saturated heterocycles. The molecule has 1 aromatic rings. The second kappa shape index (κ2) is 5.31. The highest BCUT2D eigenvalue weighted by Gasteiger charge is 2.31. The van der Waals surface area contributed by atoms with Crippen LogP contribution < -0.4 is 10.5 Å². The number of aryl methyl sites for hydroxylation is 1. The van der Waals surface area contributed by atoms with Crippen LogP contribution in [-0.4, -0.2) is 12.6 Å². The van der Waals surface area contributed by atoms with Gasteiger partial charge in [-0.2, -0.15) is 0 Å². The van der Waals surface area contributed by atoms with Crippen LogP contribution in [0.3, 0.4) is 0 Å². The topological polar surface area (TPSA) is 35.2 Å². The Morgan fingerprint density at radius 2 is 2.00 bits per heavy atom. The summed E-state index contributed by atoms with van der Waals surface area (Å²) in [5.74, 6) is 1.81. The van der Waals surface area contributed by atoms with Crippen molar-refractivity contribution in [2.45, 2.75) is 51.5 Å². The number of nitrogens with two attached hydrogens (primary N) is 1. The van der Waals surface area contributed by atoms with Crippen LogP contribution in [-0.2, 0) is 6.42 Å². The lowest BCUT2D eigenvalue weighted by Gasteiger charge is -2.36. The number of benzene rings is 1. The van der Waals surface area contributed by atoms with Crippen molar-refractivity contribution in [1.82, 2.24) is 0 Å². The van der Waals surface area contributed by atoms with Gasteiger partial charge in [-0.25, -0.2) is 0 Å². The van der Waals surface area contributed by atoms with Crippen LogP contribution in [0.4, 0.5) is 0 Å². The lowest BCUT2D eigenvalue weighted by molar-refractivity contribution is 0.242. The SMILES string of the molecule is COc1ccc(C)cc1CC1(N)CCC(C)CC1. The van der Waals surface area contributed by atoms with E-state index in [4.69, 9.17) is 10.5 Å². The van der Waals surface area contributed by atoms with Crippen molar-refractivity contribution in [1.29, 1.82) is 0 Å². The van der Waals surface area contributed by atoms with E-state index >= 15 is 0 Å². The van der Waals surface area contributed by atoms with Crippen molar-refractivity contribution in [2.75, 3.05) is 7.11 Å². The molecule has 0 bridgehead atoms.